The van der Waals surface area contributed by atoms with E-state index in [1.165, 1.54) is 6.92 Å². The number of phenols is 2. The minimum atomic E-state index is -4.79. The molecule has 0 saturated heterocycles. The summed E-state index contributed by atoms with van der Waals surface area (Å²) in [7, 11) is 0. The van der Waals surface area contributed by atoms with Crippen LogP contribution in [0, 0.1) is 22.2 Å². The van der Waals surface area contributed by atoms with Crippen LogP contribution in [0.4, 0.5) is 18.9 Å². The monoisotopic (exact) mass is 414 g/mol. The van der Waals surface area contributed by atoms with E-state index >= 15 is 0 Å². The summed E-state index contributed by atoms with van der Waals surface area (Å²) in [4.78, 5) is 9.87. The lowest BCUT2D eigenvalue weighted by atomic mass is 10.0. The van der Waals surface area contributed by atoms with Crippen molar-refractivity contribution in [3.63, 3.8) is 0 Å². The smallest absolute Gasteiger partial charge is 0.417 e. The summed E-state index contributed by atoms with van der Waals surface area (Å²) in [6, 6.07) is 2.40. The lowest BCUT2D eigenvalue weighted by Gasteiger charge is -2.13. The van der Waals surface area contributed by atoms with Crippen LogP contribution in [0.3, 0.4) is 0 Å². The number of benzene rings is 1. The Bertz CT molecular complexity index is 1100. The molecule has 1 aromatic carbocycles. The standard InChI is InChI=1S/C15H9F3N4O5S/c1-6-2-9(15(16,17)18)8(5-21(6)25)14-12(19-20-28-14)7-3-10(22(26)27)13(24)11(23)4-7/h2-5,23-24H,1H3. The topological polar surface area (TPSA) is 136 Å². The molecule has 0 amide bonds. The summed E-state index contributed by atoms with van der Waals surface area (Å²) in [5.74, 6) is -1.86. The Labute approximate surface area is 157 Å². The summed E-state index contributed by atoms with van der Waals surface area (Å²) in [6.07, 6.45) is -4.08. The average Bonchev–Trinajstić information content (AvgIpc) is 3.07. The molecule has 0 bridgehead atoms. The number of hydrogen-bond donors (Lipinski definition) is 2. The normalized spacial score (nSPS) is 11.6. The van der Waals surface area contributed by atoms with Gasteiger partial charge in [-0.05, 0) is 17.6 Å². The van der Waals surface area contributed by atoms with Crippen molar-refractivity contribution in [1.29, 1.82) is 0 Å². The van der Waals surface area contributed by atoms with Crippen molar-refractivity contribution in [2.75, 3.05) is 0 Å². The van der Waals surface area contributed by atoms with Gasteiger partial charge in [0.05, 0.1) is 20.9 Å². The zero-order valence-corrected chi connectivity index (χ0v) is 14.6. The molecule has 0 spiro atoms. The number of aryl methyl sites for hydroxylation is 1. The number of alkyl halides is 3. The van der Waals surface area contributed by atoms with E-state index in [-0.39, 0.29) is 26.6 Å². The number of aromatic nitrogens is 3. The number of phenolic OH excluding ortho intramolecular Hbond substituents is 2. The lowest BCUT2D eigenvalue weighted by Crippen LogP contribution is -2.31. The summed E-state index contributed by atoms with van der Waals surface area (Å²) >= 11 is 0.539. The molecule has 0 aliphatic rings. The number of rotatable bonds is 3. The van der Waals surface area contributed by atoms with Crippen molar-refractivity contribution in [2.45, 2.75) is 13.1 Å². The molecular formula is C15H9F3N4O5S. The number of pyridine rings is 1. The molecular weight excluding hydrogens is 405 g/mol. The first-order chi connectivity index (χ1) is 13.0. The highest BCUT2D eigenvalue weighted by molar-refractivity contribution is 7.09. The second kappa shape index (κ2) is 6.60. The molecule has 0 aliphatic carbocycles. The Morgan fingerprint density at radius 1 is 1.25 bits per heavy atom. The minimum absolute atomic E-state index is 0.156. The van der Waals surface area contributed by atoms with Crippen molar-refractivity contribution < 1.29 is 33.0 Å². The molecule has 3 rings (SSSR count). The maximum atomic E-state index is 13.5. The zero-order valence-electron chi connectivity index (χ0n) is 13.8. The summed E-state index contributed by atoms with van der Waals surface area (Å²) < 4.78 is 44.2. The predicted molar refractivity (Wildman–Crippen MR) is 89.5 cm³/mol. The van der Waals surface area contributed by atoms with E-state index in [9.17, 15) is 38.7 Å². The van der Waals surface area contributed by atoms with Gasteiger partial charge in [0, 0.05) is 24.6 Å². The summed E-state index contributed by atoms with van der Waals surface area (Å²) in [6.45, 7) is 1.21. The average molecular weight is 414 g/mol. The molecule has 146 valence electrons. The number of nitro benzene ring substituents is 1. The van der Waals surface area contributed by atoms with E-state index in [0.29, 0.717) is 23.8 Å². The van der Waals surface area contributed by atoms with Crippen LogP contribution in [0.25, 0.3) is 21.7 Å². The fraction of sp³-hybridized carbons (Fsp3) is 0.133. The van der Waals surface area contributed by atoms with E-state index in [2.05, 4.69) is 9.59 Å². The van der Waals surface area contributed by atoms with Gasteiger partial charge in [0.25, 0.3) is 0 Å². The molecule has 28 heavy (non-hydrogen) atoms. The second-order valence-electron chi connectivity index (χ2n) is 5.64. The van der Waals surface area contributed by atoms with Crippen LogP contribution in [0.5, 0.6) is 11.5 Å². The predicted octanol–water partition coefficient (Wildman–Crippen LogP) is 3.15. The Balaban J connectivity index is 2.28. The molecule has 0 fully saturated rings. The van der Waals surface area contributed by atoms with Gasteiger partial charge in [-0.3, -0.25) is 10.1 Å². The maximum absolute atomic E-state index is 13.5. The highest BCUT2D eigenvalue weighted by Crippen LogP contribution is 2.44. The molecule has 2 N–H and O–H groups in total. The van der Waals surface area contributed by atoms with E-state index in [4.69, 9.17) is 0 Å². The molecule has 9 nitrogen and oxygen atoms in total. The van der Waals surface area contributed by atoms with Crippen LogP contribution in [-0.4, -0.2) is 24.7 Å². The van der Waals surface area contributed by atoms with Gasteiger partial charge in [0.1, 0.15) is 5.69 Å². The van der Waals surface area contributed by atoms with Crippen LogP contribution < -0.4 is 4.73 Å². The van der Waals surface area contributed by atoms with E-state index in [1.54, 1.807) is 0 Å². The molecule has 2 aromatic heterocycles. The number of hydrogen-bond acceptors (Lipinski definition) is 8. The van der Waals surface area contributed by atoms with E-state index in [1.807, 2.05) is 0 Å². The fourth-order valence-corrected chi connectivity index (χ4v) is 3.20. The van der Waals surface area contributed by atoms with Crippen molar-refractivity contribution in [2.24, 2.45) is 0 Å². The van der Waals surface area contributed by atoms with Crippen LogP contribution in [0.1, 0.15) is 11.3 Å². The molecule has 3 aromatic rings. The third kappa shape index (κ3) is 3.26. The molecule has 0 unspecified atom stereocenters. The van der Waals surface area contributed by atoms with Crippen LogP contribution in [0.15, 0.2) is 24.4 Å². The molecule has 13 heteroatoms. The Hall–Kier alpha value is -3.48. The van der Waals surface area contributed by atoms with E-state index in [0.717, 1.165) is 12.1 Å². The fourth-order valence-electron chi connectivity index (χ4n) is 2.49. The number of nitro groups is 1. The molecule has 0 atom stereocenters. The van der Waals surface area contributed by atoms with Gasteiger partial charge in [0.15, 0.2) is 17.6 Å². The number of nitrogens with zero attached hydrogens (tertiary/aromatic N) is 4. The summed E-state index contributed by atoms with van der Waals surface area (Å²) in [5.41, 5.74) is -3.06. The number of halogens is 3. The molecule has 0 saturated carbocycles. The largest absolute Gasteiger partial charge is 0.618 e. The number of aromatic hydroxyl groups is 2. The van der Waals surface area contributed by atoms with Crippen LogP contribution >= 0.6 is 11.5 Å². The van der Waals surface area contributed by atoms with Gasteiger partial charge in [0.2, 0.25) is 5.75 Å². The van der Waals surface area contributed by atoms with Crippen molar-refractivity contribution >= 4 is 17.2 Å². The molecule has 2 heterocycles. The van der Waals surface area contributed by atoms with Gasteiger partial charge in [-0.2, -0.15) is 17.9 Å². The highest BCUT2D eigenvalue weighted by atomic mass is 32.1. The summed E-state index contributed by atoms with van der Waals surface area (Å²) in [5, 5.41) is 45.9. The lowest BCUT2D eigenvalue weighted by molar-refractivity contribution is -0.611. The van der Waals surface area contributed by atoms with Crippen LogP contribution in [0.2, 0.25) is 0 Å². The second-order valence-corrected chi connectivity index (χ2v) is 6.39. The van der Waals surface area contributed by atoms with Gasteiger partial charge >= 0.3 is 11.9 Å². The molecule has 0 radical (unpaired) electrons. The first-order valence-corrected chi connectivity index (χ1v) is 8.12. The first-order valence-electron chi connectivity index (χ1n) is 7.35. The Morgan fingerprint density at radius 2 is 1.93 bits per heavy atom. The zero-order chi connectivity index (χ0) is 20.8. The quantitative estimate of drug-likeness (QED) is 0.221. The first kappa shape index (κ1) is 19.3. The van der Waals surface area contributed by atoms with Crippen molar-refractivity contribution in [1.82, 2.24) is 9.59 Å². The van der Waals surface area contributed by atoms with Gasteiger partial charge < -0.3 is 15.4 Å². The van der Waals surface area contributed by atoms with Gasteiger partial charge in [-0.25, -0.2) is 0 Å². The van der Waals surface area contributed by atoms with E-state index < -0.39 is 39.4 Å². The van der Waals surface area contributed by atoms with Crippen molar-refractivity contribution in [3.05, 3.63) is 51.0 Å². The molecule has 0 aliphatic heterocycles. The highest BCUT2D eigenvalue weighted by Gasteiger charge is 2.37. The van der Waals surface area contributed by atoms with Crippen LogP contribution in [-0.2, 0) is 6.18 Å². The third-order valence-electron chi connectivity index (χ3n) is 3.82. The van der Waals surface area contributed by atoms with Crippen molar-refractivity contribution in [3.8, 4) is 33.2 Å². The SMILES string of the molecule is Cc1cc(C(F)(F)F)c(-c2snnc2-c2cc(O)c(O)c([N+](=O)[O-])c2)c[n+]1[O-]. The Morgan fingerprint density at radius 3 is 2.54 bits per heavy atom. The van der Waals surface area contributed by atoms with Gasteiger partial charge in [-0.15, -0.1) is 5.10 Å². The third-order valence-corrected chi connectivity index (χ3v) is 4.57. The minimum Gasteiger partial charge on any atom is -0.618 e. The van der Waals surface area contributed by atoms with Gasteiger partial charge in [-0.1, -0.05) is 4.49 Å². The Kier molecular flexibility index (Phi) is 4.54. The maximum Gasteiger partial charge on any atom is 0.417 e.